The molecule has 0 radical (unpaired) electrons. The van der Waals surface area contributed by atoms with E-state index in [9.17, 15) is 9.90 Å². The zero-order valence-electron chi connectivity index (χ0n) is 13.9. The topological polar surface area (TPSA) is 65.0 Å². The Balaban J connectivity index is 1.85. The molecule has 1 N–H and O–H groups in total. The Hall–Kier alpha value is -1.79. The number of carbonyl (C=O) groups is 1. The van der Waals surface area contributed by atoms with Crippen molar-refractivity contribution in [3.63, 3.8) is 0 Å². The molecule has 0 saturated carbocycles. The number of likely N-dealkylation sites (N-methyl/N-ethyl adjacent to an activating group) is 1. The molecule has 128 valence electrons. The van der Waals surface area contributed by atoms with Crippen LogP contribution in [0, 0.1) is 0 Å². The van der Waals surface area contributed by atoms with E-state index in [0.717, 1.165) is 43.8 Å². The van der Waals surface area contributed by atoms with Gasteiger partial charge in [0.2, 0.25) is 0 Å². The fourth-order valence-corrected chi connectivity index (χ4v) is 2.44. The number of benzene rings is 1. The average molecular weight is 324 g/mol. The molecule has 2 rings (SSSR count). The quantitative estimate of drug-likeness (QED) is 0.612. The summed E-state index contributed by atoms with van der Waals surface area (Å²) < 4.78 is 16.9. The van der Waals surface area contributed by atoms with Gasteiger partial charge in [-0.2, -0.15) is 0 Å². The predicted molar refractivity (Wildman–Crippen MR) is 85.8 cm³/mol. The van der Waals surface area contributed by atoms with Crippen LogP contribution in [-0.2, 0) is 9.47 Å². The van der Waals surface area contributed by atoms with Crippen molar-refractivity contribution in [2.24, 2.45) is 0 Å². The van der Waals surface area contributed by atoms with Crippen molar-refractivity contribution < 1.29 is 28.6 Å². The number of ether oxygens (including phenoxy) is 3. The van der Waals surface area contributed by atoms with Crippen molar-refractivity contribution in [3.05, 3.63) is 23.8 Å². The number of quaternary nitrogens is 1. The van der Waals surface area contributed by atoms with Gasteiger partial charge in [-0.05, 0) is 18.6 Å². The number of aromatic hydroxyl groups is 1. The van der Waals surface area contributed by atoms with Crippen LogP contribution in [0.4, 0.5) is 0 Å². The van der Waals surface area contributed by atoms with Crippen LogP contribution in [0.2, 0.25) is 0 Å². The molecule has 0 bridgehead atoms. The zero-order valence-corrected chi connectivity index (χ0v) is 13.9. The van der Waals surface area contributed by atoms with Gasteiger partial charge in [-0.3, -0.25) is 0 Å². The molecule has 1 heterocycles. The fourth-order valence-electron chi connectivity index (χ4n) is 2.44. The Morgan fingerprint density at radius 2 is 2.04 bits per heavy atom. The molecule has 0 aromatic heterocycles. The Kier molecular flexibility index (Phi) is 6.24. The van der Waals surface area contributed by atoms with E-state index in [-0.39, 0.29) is 11.3 Å². The molecule has 1 aromatic rings. The first-order valence-corrected chi connectivity index (χ1v) is 8.08. The summed E-state index contributed by atoms with van der Waals surface area (Å²) in [5.41, 5.74) is 0.165. The number of nitrogens with zero attached hydrogens (tertiary/aromatic N) is 1. The molecule has 1 aromatic carbocycles. The summed E-state index contributed by atoms with van der Waals surface area (Å²) in [6, 6.07) is 4.65. The second-order valence-corrected chi connectivity index (χ2v) is 6.07. The van der Waals surface area contributed by atoms with E-state index in [1.807, 2.05) is 6.92 Å². The van der Waals surface area contributed by atoms with Crippen LogP contribution in [0.1, 0.15) is 23.7 Å². The lowest BCUT2D eigenvalue weighted by Gasteiger charge is -2.37. The summed E-state index contributed by atoms with van der Waals surface area (Å²) in [5, 5.41) is 9.96. The maximum absolute atomic E-state index is 12.1. The van der Waals surface area contributed by atoms with Crippen LogP contribution in [0.3, 0.4) is 0 Å². The highest BCUT2D eigenvalue weighted by molar-refractivity contribution is 5.92. The predicted octanol–water partition coefficient (Wildman–Crippen LogP) is 1.81. The minimum absolute atomic E-state index is 0.115. The molecule has 0 spiro atoms. The van der Waals surface area contributed by atoms with Gasteiger partial charge in [-0.1, -0.05) is 6.92 Å². The Labute approximate surface area is 137 Å². The molecule has 0 aliphatic carbocycles. The highest BCUT2D eigenvalue weighted by Gasteiger charge is 2.25. The van der Waals surface area contributed by atoms with Crippen LogP contribution in [0.5, 0.6) is 11.5 Å². The third-order valence-electron chi connectivity index (χ3n) is 4.08. The number of hydrogen-bond acceptors (Lipinski definition) is 5. The summed E-state index contributed by atoms with van der Waals surface area (Å²) >= 11 is 0. The maximum Gasteiger partial charge on any atom is 0.342 e. The van der Waals surface area contributed by atoms with Crippen molar-refractivity contribution in [1.82, 2.24) is 0 Å². The van der Waals surface area contributed by atoms with Gasteiger partial charge in [-0.25, -0.2) is 4.79 Å². The number of morpholine rings is 1. The lowest BCUT2D eigenvalue weighted by Crippen LogP contribution is -2.53. The Morgan fingerprint density at radius 3 is 2.70 bits per heavy atom. The SMILES string of the molecule is CCCOc1ccc(C(=O)OCC[N+]2(C)CCOCC2)c(O)c1. The van der Waals surface area contributed by atoms with Crippen molar-refractivity contribution in [3.8, 4) is 11.5 Å². The van der Waals surface area contributed by atoms with E-state index in [4.69, 9.17) is 14.2 Å². The molecule has 6 nitrogen and oxygen atoms in total. The number of phenols is 1. The second-order valence-electron chi connectivity index (χ2n) is 6.07. The molecule has 0 atom stereocenters. The molecular weight excluding hydrogens is 298 g/mol. The van der Waals surface area contributed by atoms with Crippen LogP contribution in [0.15, 0.2) is 18.2 Å². The summed E-state index contributed by atoms with van der Waals surface area (Å²) in [5.74, 6) is -0.0768. The minimum Gasteiger partial charge on any atom is -0.507 e. The van der Waals surface area contributed by atoms with Crippen molar-refractivity contribution >= 4 is 5.97 Å². The Bertz CT molecular complexity index is 526. The number of rotatable bonds is 7. The number of hydrogen-bond donors (Lipinski definition) is 1. The van der Waals surface area contributed by atoms with Crippen molar-refractivity contribution in [2.75, 3.05) is 53.1 Å². The van der Waals surface area contributed by atoms with Gasteiger partial charge in [0.1, 0.15) is 43.3 Å². The fraction of sp³-hybridized carbons (Fsp3) is 0.588. The van der Waals surface area contributed by atoms with E-state index >= 15 is 0 Å². The second kappa shape index (κ2) is 8.17. The molecule has 23 heavy (non-hydrogen) atoms. The van der Waals surface area contributed by atoms with Gasteiger partial charge >= 0.3 is 5.97 Å². The van der Waals surface area contributed by atoms with Crippen LogP contribution in [0.25, 0.3) is 0 Å². The van der Waals surface area contributed by atoms with Gasteiger partial charge in [0.15, 0.2) is 0 Å². The highest BCUT2D eigenvalue weighted by atomic mass is 16.5. The van der Waals surface area contributed by atoms with E-state index in [0.29, 0.717) is 19.0 Å². The molecule has 1 aliphatic rings. The normalized spacial score (nSPS) is 16.8. The average Bonchev–Trinajstić information content (AvgIpc) is 2.53. The molecular formula is C17H26NO5+. The Morgan fingerprint density at radius 1 is 1.30 bits per heavy atom. The molecule has 1 fully saturated rings. The summed E-state index contributed by atoms with van der Waals surface area (Å²) in [6.07, 6.45) is 0.882. The first-order chi connectivity index (χ1) is 11.0. The molecule has 0 unspecified atom stereocenters. The standard InChI is InChI=1S/C17H25NO5/c1-3-9-22-14-4-5-15(16(19)13-14)17(20)23-12-8-18(2)6-10-21-11-7-18/h4-5,13H,3,6-12H2,1-2H3/p+1. The third-order valence-corrected chi connectivity index (χ3v) is 4.08. The summed E-state index contributed by atoms with van der Waals surface area (Å²) in [6.45, 7) is 6.97. The third kappa shape index (κ3) is 5.11. The molecule has 0 amide bonds. The van der Waals surface area contributed by atoms with E-state index in [2.05, 4.69) is 7.05 Å². The smallest absolute Gasteiger partial charge is 0.342 e. The van der Waals surface area contributed by atoms with E-state index in [1.54, 1.807) is 6.07 Å². The van der Waals surface area contributed by atoms with E-state index < -0.39 is 5.97 Å². The molecule has 6 heteroatoms. The van der Waals surface area contributed by atoms with Crippen LogP contribution in [-0.4, -0.2) is 68.7 Å². The van der Waals surface area contributed by atoms with Crippen molar-refractivity contribution in [2.45, 2.75) is 13.3 Å². The largest absolute Gasteiger partial charge is 0.507 e. The maximum atomic E-state index is 12.1. The molecule has 1 aliphatic heterocycles. The summed E-state index contributed by atoms with van der Waals surface area (Å²) in [7, 11) is 2.13. The van der Waals surface area contributed by atoms with Gasteiger partial charge < -0.3 is 23.8 Å². The first-order valence-electron chi connectivity index (χ1n) is 8.08. The number of carbonyl (C=O) groups excluding carboxylic acids is 1. The van der Waals surface area contributed by atoms with Gasteiger partial charge in [0.05, 0.1) is 26.9 Å². The van der Waals surface area contributed by atoms with Crippen LogP contribution >= 0.6 is 0 Å². The first kappa shape index (κ1) is 17.6. The monoisotopic (exact) mass is 324 g/mol. The molecule has 1 saturated heterocycles. The van der Waals surface area contributed by atoms with Crippen LogP contribution < -0.4 is 4.74 Å². The van der Waals surface area contributed by atoms with Crippen molar-refractivity contribution in [1.29, 1.82) is 0 Å². The lowest BCUT2D eigenvalue weighted by atomic mass is 10.2. The van der Waals surface area contributed by atoms with Gasteiger partial charge in [0, 0.05) is 6.07 Å². The highest BCUT2D eigenvalue weighted by Crippen LogP contribution is 2.24. The summed E-state index contributed by atoms with van der Waals surface area (Å²) in [4.78, 5) is 12.1. The minimum atomic E-state index is -0.510. The van der Waals surface area contributed by atoms with E-state index in [1.165, 1.54) is 12.1 Å². The number of esters is 1. The lowest BCUT2D eigenvalue weighted by molar-refractivity contribution is -0.917. The zero-order chi connectivity index (χ0) is 16.7. The van der Waals surface area contributed by atoms with Gasteiger partial charge in [-0.15, -0.1) is 0 Å². The number of phenolic OH excluding ortho intramolecular Hbond substituents is 1. The van der Waals surface area contributed by atoms with Gasteiger partial charge in [0.25, 0.3) is 0 Å².